The zero-order valence-corrected chi connectivity index (χ0v) is 21.0. The third-order valence-corrected chi connectivity index (χ3v) is 5.22. The van der Waals surface area contributed by atoms with Crippen molar-refractivity contribution >= 4 is 29.9 Å². The average Bonchev–Trinajstić information content (AvgIpc) is 3.26. The molecule has 1 aromatic carbocycles. The van der Waals surface area contributed by atoms with Crippen molar-refractivity contribution in [2.24, 2.45) is 4.99 Å². The summed E-state index contributed by atoms with van der Waals surface area (Å²) in [6.45, 7) is 4.17. The van der Waals surface area contributed by atoms with Crippen LogP contribution >= 0.6 is 24.0 Å². The van der Waals surface area contributed by atoms with Crippen LogP contribution in [0.5, 0.6) is 11.5 Å². The van der Waals surface area contributed by atoms with E-state index >= 15 is 0 Å². The lowest BCUT2D eigenvalue weighted by molar-refractivity contribution is 0.0670. The molecule has 3 rings (SSSR count). The minimum Gasteiger partial charge on any atom is -0.497 e. The Hall–Kier alpha value is -2.15. The second-order valence-electron chi connectivity index (χ2n) is 7.14. The number of piperazine rings is 1. The molecule has 0 amide bonds. The van der Waals surface area contributed by atoms with Gasteiger partial charge in [-0.3, -0.25) is 9.47 Å². The minimum atomic E-state index is -2.62. The minimum absolute atomic E-state index is 0. The van der Waals surface area contributed by atoms with Crippen LogP contribution in [0.1, 0.15) is 24.9 Å². The maximum absolute atomic E-state index is 13.0. The number of rotatable bonds is 8. The van der Waals surface area contributed by atoms with Gasteiger partial charge in [0.1, 0.15) is 23.9 Å². The van der Waals surface area contributed by atoms with Crippen molar-refractivity contribution in [3.05, 3.63) is 42.0 Å². The molecule has 8 nitrogen and oxygen atoms in total. The summed E-state index contributed by atoms with van der Waals surface area (Å²) in [6.07, 6.45) is 2.64. The van der Waals surface area contributed by atoms with E-state index in [4.69, 9.17) is 9.47 Å². The Balaban J connectivity index is 0.00000363. The van der Waals surface area contributed by atoms with Crippen LogP contribution in [0.25, 0.3) is 0 Å². The number of alkyl halides is 2. The molecule has 0 bridgehead atoms. The highest BCUT2D eigenvalue weighted by molar-refractivity contribution is 14.0. The number of guanidine groups is 1. The third kappa shape index (κ3) is 6.67. The summed E-state index contributed by atoms with van der Waals surface area (Å²) >= 11 is 0. The van der Waals surface area contributed by atoms with E-state index in [1.54, 1.807) is 14.2 Å². The Bertz CT molecular complexity index is 872. The standard InChI is InChI=1S/C21H30F2N6O2.HI/c1-4-24-21(26-14-19-25-7-8-29(19)20(22)23)28-11-9-27(10-12-28)15-16-13-17(30-2)5-6-18(16)31-3;/h5-8,13,20H,4,9-12,14-15H2,1-3H3,(H,24,26);1H. The van der Waals surface area contributed by atoms with Gasteiger partial charge in [-0.2, -0.15) is 8.78 Å². The highest BCUT2D eigenvalue weighted by Crippen LogP contribution is 2.25. The second kappa shape index (κ2) is 12.8. The van der Waals surface area contributed by atoms with Crippen molar-refractivity contribution < 1.29 is 18.3 Å². The van der Waals surface area contributed by atoms with Crippen molar-refractivity contribution in [3.63, 3.8) is 0 Å². The Morgan fingerprint density at radius 1 is 1.19 bits per heavy atom. The summed E-state index contributed by atoms with van der Waals surface area (Å²) in [7, 11) is 3.32. The first-order valence-electron chi connectivity index (χ1n) is 10.3. The van der Waals surface area contributed by atoms with E-state index in [0.717, 1.165) is 54.4 Å². The van der Waals surface area contributed by atoms with Crippen molar-refractivity contribution in [3.8, 4) is 11.5 Å². The molecule has 1 N–H and O–H groups in total. The number of nitrogens with one attached hydrogen (secondary N) is 1. The number of aromatic nitrogens is 2. The fraction of sp³-hybridized carbons (Fsp3) is 0.524. The van der Waals surface area contributed by atoms with Crippen LogP contribution in [0.15, 0.2) is 35.6 Å². The highest BCUT2D eigenvalue weighted by Gasteiger charge is 2.21. The molecule has 0 atom stereocenters. The molecule has 1 aliphatic heterocycles. The summed E-state index contributed by atoms with van der Waals surface area (Å²) in [5.41, 5.74) is 1.08. The van der Waals surface area contributed by atoms with E-state index in [2.05, 4.69) is 25.1 Å². The number of imidazole rings is 1. The molecule has 0 saturated carbocycles. The Morgan fingerprint density at radius 3 is 2.56 bits per heavy atom. The molecule has 1 aliphatic rings. The van der Waals surface area contributed by atoms with E-state index in [0.29, 0.717) is 12.5 Å². The van der Waals surface area contributed by atoms with E-state index in [1.807, 2.05) is 25.1 Å². The smallest absolute Gasteiger partial charge is 0.319 e. The molecule has 2 aromatic rings. The van der Waals surface area contributed by atoms with E-state index in [-0.39, 0.29) is 36.3 Å². The lowest BCUT2D eigenvalue weighted by Crippen LogP contribution is -2.52. The SMILES string of the molecule is CCNC(=NCc1nccn1C(F)F)N1CCN(Cc2cc(OC)ccc2OC)CC1.I. The molecule has 2 heterocycles. The molecule has 32 heavy (non-hydrogen) atoms. The van der Waals surface area contributed by atoms with Crippen molar-refractivity contribution in [2.45, 2.75) is 26.6 Å². The number of aliphatic imine (C=N–C) groups is 1. The summed E-state index contributed by atoms with van der Waals surface area (Å²) in [5, 5.41) is 3.26. The summed E-state index contributed by atoms with van der Waals surface area (Å²) in [6, 6.07) is 5.81. The van der Waals surface area contributed by atoms with Gasteiger partial charge < -0.3 is 19.7 Å². The van der Waals surface area contributed by atoms with Gasteiger partial charge in [0.25, 0.3) is 0 Å². The van der Waals surface area contributed by atoms with Gasteiger partial charge in [0.2, 0.25) is 0 Å². The quantitative estimate of drug-likeness (QED) is 0.302. The molecule has 1 fully saturated rings. The summed E-state index contributed by atoms with van der Waals surface area (Å²) < 4.78 is 37.7. The molecule has 0 radical (unpaired) electrons. The summed E-state index contributed by atoms with van der Waals surface area (Å²) in [5.74, 6) is 2.60. The first kappa shape index (κ1) is 26.1. The van der Waals surface area contributed by atoms with E-state index < -0.39 is 6.55 Å². The van der Waals surface area contributed by atoms with Crippen LogP contribution in [0.3, 0.4) is 0 Å². The van der Waals surface area contributed by atoms with Gasteiger partial charge >= 0.3 is 6.55 Å². The van der Waals surface area contributed by atoms with Crippen LogP contribution in [-0.4, -0.2) is 72.3 Å². The molecule has 1 saturated heterocycles. The van der Waals surface area contributed by atoms with Crippen molar-refractivity contribution in [1.29, 1.82) is 0 Å². The van der Waals surface area contributed by atoms with Crippen molar-refractivity contribution in [1.82, 2.24) is 24.7 Å². The van der Waals surface area contributed by atoms with Crippen LogP contribution < -0.4 is 14.8 Å². The molecular formula is C21H31F2IN6O2. The lowest BCUT2D eigenvalue weighted by atomic mass is 10.1. The van der Waals surface area contributed by atoms with Gasteiger partial charge in [-0.1, -0.05) is 0 Å². The molecular weight excluding hydrogens is 533 g/mol. The predicted octanol–water partition coefficient (Wildman–Crippen LogP) is 3.20. The molecule has 0 spiro atoms. The van der Waals surface area contributed by atoms with Gasteiger partial charge in [0, 0.05) is 57.2 Å². The normalized spacial score (nSPS) is 14.9. The predicted molar refractivity (Wildman–Crippen MR) is 130 cm³/mol. The first-order valence-corrected chi connectivity index (χ1v) is 10.3. The maximum Gasteiger partial charge on any atom is 0.319 e. The number of halogens is 3. The molecule has 0 unspecified atom stereocenters. The number of methoxy groups -OCH3 is 2. The van der Waals surface area contributed by atoms with Crippen LogP contribution in [-0.2, 0) is 13.1 Å². The van der Waals surface area contributed by atoms with Crippen LogP contribution in [0.2, 0.25) is 0 Å². The lowest BCUT2D eigenvalue weighted by Gasteiger charge is -2.36. The zero-order valence-electron chi connectivity index (χ0n) is 18.6. The van der Waals surface area contributed by atoms with Gasteiger partial charge in [0.15, 0.2) is 5.96 Å². The zero-order chi connectivity index (χ0) is 22.2. The Morgan fingerprint density at radius 2 is 1.94 bits per heavy atom. The first-order chi connectivity index (χ1) is 15.0. The van der Waals surface area contributed by atoms with E-state index in [9.17, 15) is 8.78 Å². The average molecular weight is 564 g/mol. The summed E-state index contributed by atoms with van der Waals surface area (Å²) in [4.78, 5) is 13.0. The topological polar surface area (TPSA) is 67.2 Å². The number of benzene rings is 1. The van der Waals surface area contributed by atoms with Crippen LogP contribution in [0.4, 0.5) is 8.78 Å². The second-order valence-corrected chi connectivity index (χ2v) is 7.14. The fourth-order valence-electron chi connectivity index (χ4n) is 3.58. The monoisotopic (exact) mass is 564 g/mol. The maximum atomic E-state index is 13.0. The largest absolute Gasteiger partial charge is 0.497 e. The Labute approximate surface area is 204 Å². The van der Waals surface area contributed by atoms with Gasteiger partial charge in [-0.05, 0) is 25.1 Å². The number of hydrogen-bond acceptors (Lipinski definition) is 5. The third-order valence-electron chi connectivity index (χ3n) is 5.22. The number of nitrogens with zero attached hydrogens (tertiary/aromatic N) is 5. The van der Waals surface area contributed by atoms with Crippen molar-refractivity contribution in [2.75, 3.05) is 46.9 Å². The van der Waals surface area contributed by atoms with Gasteiger partial charge in [0.05, 0.1) is 14.2 Å². The van der Waals surface area contributed by atoms with Gasteiger partial charge in [-0.15, -0.1) is 24.0 Å². The highest BCUT2D eigenvalue weighted by atomic mass is 127. The number of ether oxygens (including phenoxy) is 2. The Kier molecular flexibility index (Phi) is 10.4. The van der Waals surface area contributed by atoms with Crippen LogP contribution in [0, 0.1) is 0 Å². The molecule has 11 heteroatoms. The van der Waals surface area contributed by atoms with E-state index in [1.165, 1.54) is 12.4 Å². The molecule has 1 aromatic heterocycles. The molecule has 0 aliphatic carbocycles. The number of hydrogen-bond donors (Lipinski definition) is 1. The van der Waals surface area contributed by atoms with Gasteiger partial charge in [-0.25, -0.2) is 9.98 Å². The fourth-order valence-corrected chi connectivity index (χ4v) is 3.58. The molecule has 178 valence electrons.